The van der Waals surface area contributed by atoms with Crippen molar-refractivity contribution in [3.05, 3.63) is 42.2 Å². The van der Waals surface area contributed by atoms with Gasteiger partial charge in [0.1, 0.15) is 18.0 Å². The summed E-state index contributed by atoms with van der Waals surface area (Å²) in [6.45, 7) is 5.04. The fourth-order valence-corrected chi connectivity index (χ4v) is 1.72. The predicted molar refractivity (Wildman–Crippen MR) is 75.3 cm³/mol. The van der Waals surface area contributed by atoms with Crippen molar-refractivity contribution in [2.24, 2.45) is 0 Å². The predicted octanol–water partition coefficient (Wildman–Crippen LogP) is 3.21. The molecule has 0 aliphatic carbocycles. The number of anilines is 3. The second-order valence-corrected chi connectivity index (χ2v) is 4.00. The molecule has 0 amide bonds. The average Bonchev–Trinajstić information content (AvgIpc) is 2.40. The second kappa shape index (κ2) is 6.00. The maximum Gasteiger partial charge on any atom is 0.135 e. The Kier molecular flexibility index (Phi) is 4.12. The lowest BCUT2D eigenvalue weighted by Gasteiger charge is -2.08. The monoisotopic (exact) mass is 242 g/mol. The number of nitrogens with zero attached hydrogens (tertiary/aromatic N) is 2. The molecule has 1 heterocycles. The van der Waals surface area contributed by atoms with Crippen LogP contribution in [0.1, 0.15) is 19.4 Å². The SMILES string of the molecule is CCNc1cc(Nc2cccc(CC)c2)ncn1. The van der Waals surface area contributed by atoms with E-state index in [9.17, 15) is 0 Å². The smallest absolute Gasteiger partial charge is 0.135 e. The van der Waals surface area contributed by atoms with Crippen LogP contribution in [0.4, 0.5) is 17.3 Å². The normalized spacial score (nSPS) is 10.1. The highest BCUT2D eigenvalue weighted by atomic mass is 15.1. The van der Waals surface area contributed by atoms with E-state index in [1.165, 1.54) is 5.56 Å². The molecule has 2 aromatic rings. The summed E-state index contributed by atoms with van der Waals surface area (Å²) in [5.41, 5.74) is 2.36. The van der Waals surface area contributed by atoms with Crippen molar-refractivity contribution in [3.63, 3.8) is 0 Å². The molecule has 2 N–H and O–H groups in total. The first-order valence-corrected chi connectivity index (χ1v) is 6.23. The summed E-state index contributed by atoms with van der Waals surface area (Å²) >= 11 is 0. The lowest BCUT2D eigenvalue weighted by atomic mass is 10.1. The third-order valence-corrected chi connectivity index (χ3v) is 2.63. The van der Waals surface area contributed by atoms with Crippen LogP contribution in [0, 0.1) is 0 Å². The molecular formula is C14H18N4. The number of nitrogens with one attached hydrogen (secondary N) is 2. The molecule has 0 aliphatic rings. The fraction of sp³-hybridized carbons (Fsp3) is 0.286. The van der Waals surface area contributed by atoms with E-state index in [1.54, 1.807) is 6.33 Å². The summed E-state index contributed by atoms with van der Waals surface area (Å²) in [4.78, 5) is 8.35. The Morgan fingerprint density at radius 2 is 1.89 bits per heavy atom. The largest absolute Gasteiger partial charge is 0.370 e. The van der Waals surface area contributed by atoms with Crippen LogP contribution in [0.2, 0.25) is 0 Å². The Labute approximate surface area is 107 Å². The van der Waals surface area contributed by atoms with Gasteiger partial charge < -0.3 is 10.6 Å². The number of aromatic nitrogens is 2. The molecule has 0 fully saturated rings. The highest BCUT2D eigenvalue weighted by molar-refractivity contribution is 5.59. The highest BCUT2D eigenvalue weighted by Gasteiger charge is 1.99. The molecule has 18 heavy (non-hydrogen) atoms. The minimum atomic E-state index is 0.800. The molecule has 0 radical (unpaired) electrons. The zero-order chi connectivity index (χ0) is 12.8. The van der Waals surface area contributed by atoms with Gasteiger partial charge >= 0.3 is 0 Å². The highest BCUT2D eigenvalue weighted by Crippen LogP contribution is 2.17. The van der Waals surface area contributed by atoms with Crippen LogP contribution in [-0.4, -0.2) is 16.5 Å². The molecule has 0 unspecified atom stereocenters. The molecule has 0 atom stereocenters. The molecule has 0 saturated carbocycles. The fourth-order valence-electron chi connectivity index (χ4n) is 1.72. The molecule has 2 rings (SSSR count). The van der Waals surface area contributed by atoms with Gasteiger partial charge in [-0.2, -0.15) is 0 Å². The van der Waals surface area contributed by atoms with Gasteiger partial charge in [-0.1, -0.05) is 19.1 Å². The third-order valence-electron chi connectivity index (χ3n) is 2.63. The zero-order valence-corrected chi connectivity index (χ0v) is 10.8. The molecule has 1 aromatic heterocycles. The summed E-state index contributed by atoms with van der Waals surface area (Å²) in [6.07, 6.45) is 2.59. The Morgan fingerprint density at radius 3 is 2.67 bits per heavy atom. The van der Waals surface area contributed by atoms with Crippen LogP contribution in [0.5, 0.6) is 0 Å². The van der Waals surface area contributed by atoms with Crippen LogP contribution < -0.4 is 10.6 Å². The summed E-state index contributed by atoms with van der Waals surface area (Å²) in [5.74, 6) is 1.64. The summed E-state index contributed by atoms with van der Waals surface area (Å²) in [6, 6.07) is 10.2. The van der Waals surface area contributed by atoms with Crippen LogP contribution in [0.25, 0.3) is 0 Å². The Bertz CT molecular complexity index is 511. The molecule has 0 bridgehead atoms. The van der Waals surface area contributed by atoms with Crippen LogP contribution in [0.3, 0.4) is 0 Å². The Morgan fingerprint density at radius 1 is 1.06 bits per heavy atom. The van der Waals surface area contributed by atoms with Gasteiger partial charge in [0.05, 0.1) is 0 Å². The van der Waals surface area contributed by atoms with Crippen LogP contribution >= 0.6 is 0 Å². The first-order chi connectivity index (χ1) is 8.81. The van der Waals surface area contributed by atoms with Crippen molar-refractivity contribution in [2.45, 2.75) is 20.3 Å². The number of hydrogen-bond donors (Lipinski definition) is 2. The van der Waals surface area contributed by atoms with Gasteiger partial charge in [-0.15, -0.1) is 0 Å². The van der Waals surface area contributed by atoms with E-state index < -0.39 is 0 Å². The van der Waals surface area contributed by atoms with E-state index in [1.807, 2.05) is 25.1 Å². The number of hydrogen-bond acceptors (Lipinski definition) is 4. The van der Waals surface area contributed by atoms with Gasteiger partial charge in [-0.05, 0) is 31.0 Å². The lowest BCUT2D eigenvalue weighted by Crippen LogP contribution is -2.01. The first-order valence-electron chi connectivity index (χ1n) is 6.23. The number of rotatable bonds is 5. The number of benzene rings is 1. The van der Waals surface area contributed by atoms with Crippen molar-refractivity contribution < 1.29 is 0 Å². The summed E-state index contributed by atoms with van der Waals surface area (Å²) < 4.78 is 0. The van der Waals surface area contributed by atoms with Crippen molar-refractivity contribution in [1.29, 1.82) is 0 Å². The topological polar surface area (TPSA) is 49.8 Å². The van der Waals surface area contributed by atoms with Crippen molar-refractivity contribution in [2.75, 3.05) is 17.2 Å². The van der Waals surface area contributed by atoms with Gasteiger partial charge in [0.2, 0.25) is 0 Å². The minimum Gasteiger partial charge on any atom is -0.370 e. The second-order valence-electron chi connectivity index (χ2n) is 4.00. The van der Waals surface area contributed by atoms with E-state index in [4.69, 9.17) is 0 Å². The van der Waals surface area contributed by atoms with Gasteiger partial charge in [-0.25, -0.2) is 9.97 Å². The van der Waals surface area contributed by atoms with Gasteiger partial charge in [0.15, 0.2) is 0 Å². The van der Waals surface area contributed by atoms with Crippen molar-refractivity contribution >= 4 is 17.3 Å². The first kappa shape index (κ1) is 12.4. The quantitative estimate of drug-likeness (QED) is 0.845. The maximum atomic E-state index is 4.21. The zero-order valence-electron chi connectivity index (χ0n) is 10.8. The van der Waals surface area contributed by atoms with E-state index in [0.29, 0.717) is 0 Å². The van der Waals surface area contributed by atoms with Gasteiger partial charge in [0.25, 0.3) is 0 Å². The molecule has 0 aliphatic heterocycles. The maximum absolute atomic E-state index is 4.21. The summed E-state index contributed by atoms with van der Waals surface area (Å²) in [5, 5.41) is 6.45. The molecule has 4 nitrogen and oxygen atoms in total. The van der Waals surface area contributed by atoms with Gasteiger partial charge in [0, 0.05) is 18.3 Å². The molecule has 1 aromatic carbocycles. The van der Waals surface area contributed by atoms with Crippen molar-refractivity contribution in [1.82, 2.24) is 9.97 Å². The van der Waals surface area contributed by atoms with E-state index in [-0.39, 0.29) is 0 Å². The molecule has 0 spiro atoms. The van der Waals surface area contributed by atoms with E-state index >= 15 is 0 Å². The molecule has 0 saturated heterocycles. The van der Waals surface area contributed by atoms with E-state index in [0.717, 1.165) is 30.3 Å². The average molecular weight is 242 g/mol. The molecule has 94 valence electrons. The summed E-state index contributed by atoms with van der Waals surface area (Å²) in [7, 11) is 0. The van der Waals surface area contributed by atoms with Crippen LogP contribution in [-0.2, 0) is 6.42 Å². The third kappa shape index (κ3) is 3.20. The Balaban J connectivity index is 2.14. The van der Waals surface area contributed by atoms with Crippen molar-refractivity contribution in [3.8, 4) is 0 Å². The van der Waals surface area contributed by atoms with Crippen LogP contribution in [0.15, 0.2) is 36.7 Å². The molecule has 4 heteroatoms. The Hall–Kier alpha value is -2.10. The minimum absolute atomic E-state index is 0.800. The number of aryl methyl sites for hydroxylation is 1. The molecular weight excluding hydrogens is 224 g/mol. The lowest BCUT2D eigenvalue weighted by molar-refractivity contribution is 1.11. The van der Waals surface area contributed by atoms with Gasteiger partial charge in [-0.3, -0.25) is 0 Å². The standard InChI is InChI=1S/C14H18N4/c1-3-11-6-5-7-12(8-11)18-14-9-13(15-4-2)16-10-17-14/h5-10H,3-4H2,1-2H3,(H2,15,16,17,18). The van der Waals surface area contributed by atoms with E-state index in [2.05, 4.69) is 39.7 Å².